The monoisotopic (exact) mass is 256 g/mol. The first-order chi connectivity index (χ1) is 9.16. The number of nitrogens with zero attached hydrogens (tertiary/aromatic N) is 2. The van der Waals surface area contributed by atoms with Crippen LogP contribution in [0.4, 0.5) is 5.82 Å². The fourth-order valence-corrected chi connectivity index (χ4v) is 2.73. The van der Waals surface area contributed by atoms with Crippen LogP contribution < -0.4 is 4.90 Å². The molecule has 4 heteroatoms. The largest absolute Gasteiger partial charge is 0.478 e. The van der Waals surface area contributed by atoms with Crippen molar-refractivity contribution in [1.29, 1.82) is 0 Å². The molecule has 0 radical (unpaired) electrons. The van der Waals surface area contributed by atoms with Crippen LogP contribution in [-0.2, 0) is 0 Å². The van der Waals surface area contributed by atoms with E-state index < -0.39 is 5.97 Å². The number of aromatic carboxylic acids is 1. The Morgan fingerprint density at radius 2 is 2.21 bits per heavy atom. The van der Waals surface area contributed by atoms with E-state index in [-0.39, 0.29) is 0 Å². The molecule has 0 aliphatic carbocycles. The van der Waals surface area contributed by atoms with E-state index in [0.29, 0.717) is 17.4 Å². The predicted molar refractivity (Wildman–Crippen MR) is 74.7 cm³/mol. The van der Waals surface area contributed by atoms with Crippen LogP contribution in [0.2, 0.25) is 0 Å². The Kier molecular flexibility index (Phi) is 2.85. The normalized spacial score (nSPS) is 19.0. The molecule has 0 saturated carbocycles. The number of benzene rings is 1. The number of carboxylic acid groups (broad SMARTS) is 1. The molecule has 4 nitrogen and oxygen atoms in total. The van der Waals surface area contributed by atoms with Gasteiger partial charge < -0.3 is 10.0 Å². The van der Waals surface area contributed by atoms with Crippen LogP contribution in [-0.4, -0.2) is 28.6 Å². The number of carbonyl (C=O) groups is 1. The summed E-state index contributed by atoms with van der Waals surface area (Å²) in [6.45, 7) is 3.00. The lowest BCUT2D eigenvalue weighted by molar-refractivity contribution is 0.0697. The van der Waals surface area contributed by atoms with Crippen molar-refractivity contribution >= 4 is 22.7 Å². The van der Waals surface area contributed by atoms with Crippen LogP contribution in [0.15, 0.2) is 30.3 Å². The maximum atomic E-state index is 11.5. The van der Waals surface area contributed by atoms with Crippen LogP contribution in [0, 0.1) is 0 Å². The molecule has 0 spiro atoms. The molecule has 3 rings (SSSR count). The number of rotatable bonds is 2. The number of fused-ring (bicyclic) bond motifs is 1. The third-order valence-corrected chi connectivity index (χ3v) is 3.76. The number of aromatic nitrogens is 1. The van der Waals surface area contributed by atoms with E-state index in [4.69, 9.17) is 0 Å². The molecule has 1 N–H and O–H groups in total. The van der Waals surface area contributed by atoms with Gasteiger partial charge in [-0.25, -0.2) is 9.78 Å². The van der Waals surface area contributed by atoms with Crippen molar-refractivity contribution in [2.24, 2.45) is 0 Å². The number of hydrogen-bond acceptors (Lipinski definition) is 3. The highest BCUT2D eigenvalue weighted by Crippen LogP contribution is 2.29. The van der Waals surface area contributed by atoms with Crippen molar-refractivity contribution in [3.05, 3.63) is 35.9 Å². The summed E-state index contributed by atoms with van der Waals surface area (Å²) >= 11 is 0. The van der Waals surface area contributed by atoms with E-state index in [1.165, 1.54) is 0 Å². The smallest absolute Gasteiger partial charge is 0.339 e. The Bertz CT molecular complexity index is 639. The minimum atomic E-state index is -0.910. The van der Waals surface area contributed by atoms with Crippen LogP contribution in [0.25, 0.3) is 10.9 Å². The van der Waals surface area contributed by atoms with Gasteiger partial charge in [0, 0.05) is 18.0 Å². The Labute approximate surface area is 111 Å². The van der Waals surface area contributed by atoms with E-state index in [9.17, 15) is 9.90 Å². The standard InChI is InChI=1S/C15H16N2O2/c1-10-5-4-8-17(10)14-12(15(18)19)9-11-6-2-3-7-13(11)16-14/h2-3,6-7,9-10H,4-5,8H2,1H3,(H,18,19). The van der Waals surface area contributed by atoms with Gasteiger partial charge in [0.2, 0.25) is 0 Å². The van der Waals surface area contributed by atoms with Crippen molar-refractivity contribution in [2.45, 2.75) is 25.8 Å². The Balaban J connectivity index is 2.20. The molecule has 1 aromatic heterocycles. The highest BCUT2D eigenvalue weighted by Gasteiger charge is 2.26. The van der Waals surface area contributed by atoms with Crippen LogP contribution >= 0.6 is 0 Å². The second-order valence-corrected chi connectivity index (χ2v) is 5.04. The van der Waals surface area contributed by atoms with Crippen molar-refractivity contribution in [1.82, 2.24) is 4.98 Å². The minimum absolute atomic E-state index is 0.299. The Morgan fingerprint density at radius 3 is 2.89 bits per heavy atom. The van der Waals surface area contributed by atoms with Gasteiger partial charge in [0.25, 0.3) is 0 Å². The van der Waals surface area contributed by atoms with Crippen molar-refractivity contribution in [2.75, 3.05) is 11.4 Å². The summed E-state index contributed by atoms with van der Waals surface area (Å²) < 4.78 is 0. The van der Waals surface area contributed by atoms with Crippen LogP contribution in [0.1, 0.15) is 30.1 Å². The van der Waals surface area contributed by atoms with Crippen LogP contribution in [0.3, 0.4) is 0 Å². The van der Waals surface area contributed by atoms with Gasteiger partial charge in [-0.3, -0.25) is 0 Å². The molecule has 0 bridgehead atoms. The molecule has 1 saturated heterocycles. The molecular formula is C15H16N2O2. The molecule has 1 atom stereocenters. The number of anilines is 1. The molecule has 2 heterocycles. The van der Waals surface area contributed by atoms with Crippen molar-refractivity contribution in [3.8, 4) is 0 Å². The first-order valence-corrected chi connectivity index (χ1v) is 6.56. The number of carboxylic acids is 1. The third-order valence-electron chi connectivity index (χ3n) is 3.76. The summed E-state index contributed by atoms with van der Waals surface area (Å²) in [4.78, 5) is 18.1. The highest BCUT2D eigenvalue weighted by atomic mass is 16.4. The number of hydrogen-bond donors (Lipinski definition) is 1. The highest BCUT2D eigenvalue weighted by molar-refractivity contribution is 5.98. The van der Waals surface area contributed by atoms with Gasteiger partial charge >= 0.3 is 5.97 Å². The average Bonchev–Trinajstić information content (AvgIpc) is 2.83. The molecule has 98 valence electrons. The zero-order valence-corrected chi connectivity index (χ0v) is 10.8. The van der Waals surface area contributed by atoms with Gasteiger partial charge in [-0.05, 0) is 31.9 Å². The van der Waals surface area contributed by atoms with Gasteiger partial charge in [-0.15, -0.1) is 0 Å². The van der Waals surface area contributed by atoms with Gasteiger partial charge in [-0.2, -0.15) is 0 Å². The number of para-hydroxylation sites is 1. The Hall–Kier alpha value is -2.10. The Morgan fingerprint density at radius 1 is 1.42 bits per heavy atom. The lowest BCUT2D eigenvalue weighted by Gasteiger charge is -2.24. The summed E-state index contributed by atoms with van der Waals surface area (Å²) in [7, 11) is 0. The van der Waals surface area contributed by atoms with Crippen molar-refractivity contribution < 1.29 is 9.90 Å². The molecule has 0 amide bonds. The molecule has 1 aliphatic rings. The van der Waals surface area contributed by atoms with E-state index in [1.807, 2.05) is 24.3 Å². The summed E-state index contributed by atoms with van der Waals surface area (Å²) in [5.41, 5.74) is 1.15. The molecule has 1 aliphatic heterocycles. The van der Waals surface area contributed by atoms with Gasteiger partial charge in [0.05, 0.1) is 5.52 Å². The summed E-state index contributed by atoms with van der Waals surface area (Å²) in [5.74, 6) is -0.302. The summed E-state index contributed by atoms with van der Waals surface area (Å²) in [6, 6.07) is 9.72. The van der Waals surface area contributed by atoms with Gasteiger partial charge in [-0.1, -0.05) is 18.2 Å². The fourth-order valence-electron chi connectivity index (χ4n) is 2.73. The molecule has 1 fully saturated rings. The van der Waals surface area contributed by atoms with E-state index in [2.05, 4.69) is 16.8 Å². The summed E-state index contributed by atoms with van der Waals surface area (Å²) in [6.07, 6.45) is 2.18. The van der Waals surface area contributed by atoms with E-state index in [0.717, 1.165) is 30.3 Å². The average molecular weight is 256 g/mol. The second-order valence-electron chi connectivity index (χ2n) is 5.04. The lowest BCUT2D eigenvalue weighted by Crippen LogP contribution is -2.29. The fraction of sp³-hybridized carbons (Fsp3) is 0.333. The third kappa shape index (κ3) is 2.03. The van der Waals surface area contributed by atoms with Gasteiger partial charge in [0.15, 0.2) is 0 Å². The zero-order valence-electron chi connectivity index (χ0n) is 10.8. The molecule has 1 unspecified atom stereocenters. The predicted octanol–water partition coefficient (Wildman–Crippen LogP) is 2.92. The molecule has 2 aromatic rings. The topological polar surface area (TPSA) is 53.4 Å². The first kappa shape index (κ1) is 12.0. The molecule has 19 heavy (non-hydrogen) atoms. The second kappa shape index (κ2) is 4.53. The minimum Gasteiger partial charge on any atom is -0.478 e. The van der Waals surface area contributed by atoms with E-state index >= 15 is 0 Å². The quantitative estimate of drug-likeness (QED) is 0.897. The summed E-state index contributed by atoms with van der Waals surface area (Å²) in [5, 5.41) is 10.3. The maximum Gasteiger partial charge on any atom is 0.339 e. The molecule has 1 aromatic carbocycles. The SMILES string of the molecule is CC1CCCN1c1nc2ccccc2cc1C(=O)O. The van der Waals surface area contributed by atoms with Crippen LogP contribution in [0.5, 0.6) is 0 Å². The van der Waals surface area contributed by atoms with E-state index in [1.54, 1.807) is 6.07 Å². The maximum absolute atomic E-state index is 11.5. The number of pyridine rings is 1. The zero-order chi connectivity index (χ0) is 13.4. The van der Waals surface area contributed by atoms with Gasteiger partial charge in [0.1, 0.15) is 11.4 Å². The van der Waals surface area contributed by atoms with Crippen molar-refractivity contribution in [3.63, 3.8) is 0 Å². The first-order valence-electron chi connectivity index (χ1n) is 6.56. The molecular weight excluding hydrogens is 240 g/mol. The lowest BCUT2D eigenvalue weighted by atomic mass is 10.1.